The Morgan fingerprint density at radius 1 is 1.26 bits per heavy atom. The number of halogens is 1. The Balaban J connectivity index is 1.56. The first-order chi connectivity index (χ1) is 13.2. The summed E-state index contributed by atoms with van der Waals surface area (Å²) in [6.07, 6.45) is 0. The number of rotatable bonds is 6. The van der Waals surface area contributed by atoms with E-state index >= 15 is 0 Å². The van der Waals surface area contributed by atoms with Crippen molar-refractivity contribution in [1.29, 1.82) is 0 Å². The molecule has 1 atom stereocenters. The van der Waals surface area contributed by atoms with Crippen LogP contribution in [0.1, 0.15) is 24.9 Å². The zero-order chi connectivity index (χ0) is 18.8. The summed E-state index contributed by atoms with van der Waals surface area (Å²) in [5.41, 5.74) is 0.801. The molecular formula is C18H16ClN5OS2. The van der Waals surface area contributed by atoms with E-state index in [1.54, 1.807) is 29.2 Å². The van der Waals surface area contributed by atoms with Gasteiger partial charge in [0.1, 0.15) is 0 Å². The van der Waals surface area contributed by atoms with Crippen molar-refractivity contribution in [1.82, 2.24) is 24.9 Å². The molecule has 0 N–H and O–H groups in total. The summed E-state index contributed by atoms with van der Waals surface area (Å²) in [4.78, 5) is 5.62. The minimum Gasteiger partial charge on any atom is -0.334 e. The van der Waals surface area contributed by atoms with Crippen molar-refractivity contribution >= 4 is 34.7 Å². The molecule has 4 aromatic rings. The molecule has 3 heterocycles. The number of hydrogen-bond donors (Lipinski definition) is 0. The Hall–Kier alpha value is -2.16. The fourth-order valence-electron chi connectivity index (χ4n) is 2.60. The highest BCUT2D eigenvalue weighted by molar-refractivity contribution is 7.99. The highest BCUT2D eigenvalue weighted by Gasteiger charge is 2.21. The first kappa shape index (κ1) is 18.2. The standard InChI is InChI=1S/C18H16ClN5OS2/c1-3-24-16(14-8-5-9-26-14)21-22-18(24)27-11(2)15-20-17(25-23-15)12-6-4-7-13(19)10-12/h4-11H,3H2,1-2H3. The summed E-state index contributed by atoms with van der Waals surface area (Å²) in [6.45, 7) is 4.90. The second-order valence-corrected chi connectivity index (χ2v) is 8.45. The molecule has 27 heavy (non-hydrogen) atoms. The van der Waals surface area contributed by atoms with E-state index < -0.39 is 0 Å². The van der Waals surface area contributed by atoms with Crippen molar-refractivity contribution in [3.63, 3.8) is 0 Å². The molecule has 0 bridgehead atoms. The van der Waals surface area contributed by atoms with E-state index in [9.17, 15) is 0 Å². The Kier molecular flexibility index (Phi) is 5.29. The van der Waals surface area contributed by atoms with E-state index in [2.05, 4.69) is 37.9 Å². The fraction of sp³-hybridized carbons (Fsp3) is 0.222. The van der Waals surface area contributed by atoms with Crippen LogP contribution in [0.3, 0.4) is 0 Å². The normalized spacial score (nSPS) is 12.4. The fourth-order valence-corrected chi connectivity index (χ4v) is 4.45. The molecule has 9 heteroatoms. The number of benzene rings is 1. The summed E-state index contributed by atoms with van der Waals surface area (Å²) in [7, 11) is 0. The Labute approximate surface area is 169 Å². The van der Waals surface area contributed by atoms with Gasteiger partial charge in [0.15, 0.2) is 16.8 Å². The van der Waals surface area contributed by atoms with Gasteiger partial charge < -0.3 is 9.09 Å². The van der Waals surface area contributed by atoms with Crippen LogP contribution in [0.15, 0.2) is 51.5 Å². The summed E-state index contributed by atoms with van der Waals surface area (Å²) in [5, 5.41) is 16.3. The summed E-state index contributed by atoms with van der Waals surface area (Å²) in [6, 6.07) is 11.4. The van der Waals surface area contributed by atoms with Crippen LogP contribution >= 0.6 is 34.7 Å². The van der Waals surface area contributed by atoms with Crippen LogP contribution in [0.25, 0.3) is 22.2 Å². The van der Waals surface area contributed by atoms with Crippen molar-refractivity contribution in [2.24, 2.45) is 0 Å². The maximum absolute atomic E-state index is 6.04. The lowest BCUT2D eigenvalue weighted by Crippen LogP contribution is -2.01. The second kappa shape index (κ2) is 7.84. The molecule has 3 aromatic heterocycles. The first-order valence-electron chi connectivity index (χ1n) is 8.39. The number of thioether (sulfide) groups is 1. The molecule has 6 nitrogen and oxygen atoms in total. The van der Waals surface area contributed by atoms with Crippen LogP contribution in [-0.2, 0) is 6.54 Å². The first-order valence-corrected chi connectivity index (χ1v) is 10.5. The molecule has 0 amide bonds. The summed E-state index contributed by atoms with van der Waals surface area (Å²) >= 11 is 9.25. The van der Waals surface area contributed by atoms with Gasteiger partial charge in [0.2, 0.25) is 0 Å². The molecule has 4 rings (SSSR count). The molecule has 0 spiro atoms. The molecule has 138 valence electrons. The van der Waals surface area contributed by atoms with Gasteiger partial charge in [-0.2, -0.15) is 4.98 Å². The van der Waals surface area contributed by atoms with Gasteiger partial charge >= 0.3 is 0 Å². The Morgan fingerprint density at radius 2 is 2.15 bits per heavy atom. The highest BCUT2D eigenvalue weighted by Crippen LogP contribution is 2.35. The van der Waals surface area contributed by atoms with E-state index in [1.807, 2.05) is 36.6 Å². The number of nitrogens with zero attached hydrogens (tertiary/aromatic N) is 5. The highest BCUT2D eigenvalue weighted by atomic mass is 35.5. The van der Waals surface area contributed by atoms with Crippen molar-refractivity contribution in [3.8, 4) is 22.2 Å². The van der Waals surface area contributed by atoms with Crippen molar-refractivity contribution < 1.29 is 4.52 Å². The number of hydrogen-bond acceptors (Lipinski definition) is 7. The molecule has 1 unspecified atom stereocenters. The molecule has 0 saturated heterocycles. The van der Waals surface area contributed by atoms with Gasteiger partial charge in [-0.25, -0.2) is 0 Å². The summed E-state index contributed by atoms with van der Waals surface area (Å²) in [5.74, 6) is 1.95. The zero-order valence-corrected chi connectivity index (χ0v) is 17.1. The quantitative estimate of drug-likeness (QED) is 0.381. The topological polar surface area (TPSA) is 69.6 Å². The minimum atomic E-state index is -0.0348. The molecule has 0 aliphatic carbocycles. The predicted octanol–water partition coefficient (Wildman–Crippen LogP) is 5.58. The Morgan fingerprint density at radius 3 is 2.89 bits per heavy atom. The van der Waals surface area contributed by atoms with Crippen molar-refractivity contribution in [3.05, 3.63) is 52.6 Å². The van der Waals surface area contributed by atoms with Crippen LogP contribution in [0, 0.1) is 0 Å². The number of aromatic nitrogens is 5. The maximum Gasteiger partial charge on any atom is 0.258 e. The van der Waals surface area contributed by atoms with Crippen molar-refractivity contribution in [2.75, 3.05) is 0 Å². The Bertz CT molecular complexity index is 1040. The SMILES string of the molecule is CCn1c(SC(C)c2noc(-c3cccc(Cl)c3)n2)nnc1-c1cccs1. The van der Waals surface area contributed by atoms with Gasteiger partial charge in [-0.1, -0.05) is 40.7 Å². The van der Waals surface area contributed by atoms with Crippen LogP contribution < -0.4 is 0 Å². The molecule has 1 aromatic carbocycles. The number of thiophene rings is 1. The second-order valence-electron chi connectivity index (χ2n) is 5.76. The third-order valence-electron chi connectivity index (χ3n) is 3.93. The van der Waals surface area contributed by atoms with Crippen LogP contribution in [-0.4, -0.2) is 24.9 Å². The van der Waals surface area contributed by atoms with Crippen LogP contribution in [0.2, 0.25) is 5.02 Å². The maximum atomic E-state index is 6.04. The lowest BCUT2D eigenvalue weighted by molar-refractivity contribution is 0.423. The van der Waals surface area contributed by atoms with E-state index in [0.717, 1.165) is 28.0 Å². The minimum absolute atomic E-state index is 0.0348. The zero-order valence-electron chi connectivity index (χ0n) is 14.7. The van der Waals surface area contributed by atoms with Gasteiger partial charge in [-0.3, -0.25) is 0 Å². The molecule has 0 fully saturated rings. The van der Waals surface area contributed by atoms with Crippen molar-refractivity contribution in [2.45, 2.75) is 30.8 Å². The van der Waals surface area contributed by atoms with E-state index in [0.29, 0.717) is 16.7 Å². The van der Waals surface area contributed by atoms with Crippen LogP contribution in [0.4, 0.5) is 0 Å². The third-order valence-corrected chi connectivity index (χ3v) is 6.11. The largest absolute Gasteiger partial charge is 0.334 e. The van der Waals surface area contributed by atoms with Gasteiger partial charge in [-0.05, 0) is 43.5 Å². The van der Waals surface area contributed by atoms with Gasteiger partial charge in [0.25, 0.3) is 5.89 Å². The van der Waals surface area contributed by atoms with Gasteiger partial charge in [-0.15, -0.1) is 21.5 Å². The lowest BCUT2D eigenvalue weighted by atomic mass is 10.2. The van der Waals surface area contributed by atoms with Crippen LogP contribution in [0.5, 0.6) is 0 Å². The average Bonchev–Trinajstić information content (AvgIpc) is 3.41. The third kappa shape index (κ3) is 3.78. The van der Waals surface area contributed by atoms with E-state index in [-0.39, 0.29) is 5.25 Å². The molecule has 0 aliphatic heterocycles. The predicted molar refractivity (Wildman–Crippen MR) is 108 cm³/mol. The molecule has 0 aliphatic rings. The lowest BCUT2D eigenvalue weighted by Gasteiger charge is -2.08. The van der Waals surface area contributed by atoms with Gasteiger partial charge in [0.05, 0.1) is 10.1 Å². The van der Waals surface area contributed by atoms with E-state index in [4.69, 9.17) is 16.1 Å². The monoisotopic (exact) mass is 417 g/mol. The molecule has 0 radical (unpaired) electrons. The molecular weight excluding hydrogens is 402 g/mol. The average molecular weight is 418 g/mol. The molecule has 0 saturated carbocycles. The summed E-state index contributed by atoms with van der Waals surface area (Å²) < 4.78 is 7.51. The van der Waals surface area contributed by atoms with Gasteiger partial charge in [0, 0.05) is 17.1 Å². The van der Waals surface area contributed by atoms with E-state index in [1.165, 1.54) is 0 Å². The smallest absolute Gasteiger partial charge is 0.258 e.